The summed E-state index contributed by atoms with van der Waals surface area (Å²) in [5.41, 5.74) is 1.51. The lowest BCUT2D eigenvalue weighted by Crippen LogP contribution is -2.45. The average Bonchev–Trinajstić information content (AvgIpc) is 2.95. The standard InChI is InChI=1S/C22H29N5O2/c28-21-6-2-1-5-19(25-21)15-26-10-7-17(8-11-26)14-27-16-24-20(12-22(27)29)18-4-3-9-23-13-18/h3-4,9,12-13,16-17,19H,1-2,5-8,10-11,14-15H2,(H,25,28). The van der Waals surface area contributed by atoms with Gasteiger partial charge in [-0.2, -0.15) is 0 Å². The van der Waals surface area contributed by atoms with Gasteiger partial charge in [-0.3, -0.25) is 19.1 Å². The highest BCUT2D eigenvalue weighted by Gasteiger charge is 2.24. The van der Waals surface area contributed by atoms with Gasteiger partial charge in [-0.15, -0.1) is 0 Å². The van der Waals surface area contributed by atoms with Crippen molar-refractivity contribution in [3.8, 4) is 11.3 Å². The van der Waals surface area contributed by atoms with Crippen LogP contribution in [-0.4, -0.2) is 51.0 Å². The number of hydrogen-bond donors (Lipinski definition) is 1. The molecule has 0 spiro atoms. The summed E-state index contributed by atoms with van der Waals surface area (Å²) >= 11 is 0. The molecular weight excluding hydrogens is 366 g/mol. The maximum Gasteiger partial charge on any atom is 0.253 e. The number of rotatable bonds is 5. The molecule has 2 aromatic heterocycles. The number of carbonyl (C=O) groups excluding carboxylic acids is 1. The third-order valence-electron chi connectivity index (χ3n) is 6.05. The van der Waals surface area contributed by atoms with Gasteiger partial charge in [-0.1, -0.05) is 6.42 Å². The van der Waals surface area contributed by atoms with E-state index in [0.717, 1.165) is 57.3 Å². The van der Waals surface area contributed by atoms with Crippen molar-refractivity contribution in [1.82, 2.24) is 24.8 Å². The summed E-state index contributed by atoms with van der Waals surface area (Å²) < 4.78 is 1.73. The fourth-order valence-corrected chi connectivity index (χ4v) is 4.36. The predicted octanol–water partition coefficient (Wildman–Crippen LogP) is 2.08. The van der Waals surface area contributed by atoms with Crippen molar-refractivity contribution in [2.24, 2.45) is 5.92 Å². The monoisotopic (exact) mass is 395 g/mol. The second-order valence-electron chi connectivity index (χ2n) is 8.26. The largest absolute Gasteiger partial charge is 0.352 e. The van der Waals surface area contributed by atoms with E-state index in [0.29, 0.717) is 24.6 Å². The van der Waals surface area contributed by atoms with Crippen molar-refractivity contribution in [2.45, 2.75) is 51.1 Å². The number of carbonyl (C=O) groups is 1. The number of likely N-dealkylation sites (tertiary alicyclic amines) is 1. The maximum atomic E-state index is 12.5. The average molecular weight is 396 g/mol. The Labute approximate surface area is 171 Å². The molecule has 4 heterocycles. The maximum absolute atomic E-state index is 12.5. The highest BCUT2D eigenvalue weighted by atomic mass is 16.1. The van der Waals surface area contributed by atoms with Crippen LogP contribution in [0.2, 0.25) is 0 Å². The van der Waals surface area contributed by atoms with Crippen molar-refractivity contribution < 1.29 is 4.79 Å². The van der Waals surface area contributed by atoms with Gasteiger partial charge in [0.15, 0.2) is 0 Å². The third-order valence-corrected chi connectivity index (χ3v) is 6.05. The summed E-state index contributed by atoms with van der Waals surface area (Å²) in [5.74, 6) is 0.683. The molecule has 2 aromatic rings. The van der Waals surface area contributed by atoms with Crippen LogP contribution in [0, 0.1) is 5.92 Å². The minimum atomic E-state index is -0.0116. The van der Waals surface area contributed by atoms with Crippen molar-refractivity contribution in [2.75, 3.05) is 19.6 Å². The molecule has 0 radical (unpaired) electrons. The molecule has 154 valence electrons. The Hall–Kier alpha value is -2.54. The summed E-state index contributed by atoms with van der Waals surface area (Å²) in [4.78, 5) is 35.3. The first-order chi connectivity index (χ1) is 14.2. The molecule has 2 saturated heterocycles. The van der Waals surface area contributed by atoms with Gasteiger partial charge in [0.1, 0.15) is 0 Å². The van der Waals surface area contributed by atoms with E-state index in [9.17, 15) is 9.59 Å². The van der Waals surface area contributed by atoms with Gasteiger partial charge < -0.3 is 10.2 Å². The number of aromatic nitrogens is 3. The van der Waals surface area contributed by atoms with Crippen LogP contribution in [0.5, 0.6) is 0 Å². The number of hydrogen-bond acceptors (Lipinski definition) is 5. The van der Waals surface area contributed by atoms with E-state index in [1.807, 2.05) is 12.1 Å². The number of amides is 1. The smallest absolute Gasteiger partial charge is 0.253 e. The van der Waals surface area contributed by atoms with Gasteiger partial charge in [-0.25, -0.2) is 4.98 Å². The van der Waals surface area contributed by atoms with Crippen LogP contribution in [0.3, 0.4) is 0 Å². The van der Waals surface area contributed by atoms with Crippen LogP contribution in [0.1, 0.15) is 38.5 Å². The van der Waals surface area contributed by atoms with E-state index in [1.54, 1.807) is 29.4 Å². The molecule has 0 bridgehead atoms. The van der Waals surface area contributed by atoms with Crippen molar-refractivity contribution in [1.29, 1.82) is 0 Å². The van der Waals surface area contributed by atoms with E-state index >= 15 is 0 Å². The fraction of sp³-hybridized carbons (Fsp3) is 0.545. The summed E-state index contributed by atoms with van der Waals surface area (Å²) in [6.45, 7) is 3.70. The Balaban J connectivity index is 1.29. The quantitative estimate of drug-likeness (QED) is 0.838. The molecule has 4 rings (SSSR count). The molecule has 0 saturated carbocycles. The Morgan fingerprint density at radius 1 is 1.10 bits per heavy atom. The highest BCUT2D eigenvalue weighted by Crippen LogP contribution is 2.20. The topological polar surface area (TPSA) is 80.1 Å². The van der Waals surface area contributed by atoms with E-state index in [4.69, 9.17) is 0 Å². The lowest BCUT2D eigenvalue weighted by atomic mass is 9.96. The van der Waals surface area contributed by atoms with Crippen molar-refractivity contribution in [3.63, 3.8) is 0 Å². The number of pyridine rings is 1. The molecule has 7 nitrogen and oxygen atoms in total. The van der Waals surface area contributed by atoms with Gasteiger partial charge in [0.05, 0.1) is 12.0 Å². The summed E-state index contributed by atoms with van der Waals surface area (Å²) in [6.07, 6.45) is 11.1. The third kappa shape index (κ3) is 5.29. The zero-order chi connectivity index (χ0) is 20.1. The lowest BCUT2D eigenvalue weighted by Gasteiger charge is -2.34. The lowest BCUT2D eigenvalue weighted by molar-refractivity contribution is -0.121. The normalized spacial score (nSPS) is 21.5. The fourth-order valence-electron chi connectivity index (χ4n) is 4.36. The number of piperidine rings is 1. The minimum Gasteiger partial charge on any atom is -0.352 e. The molecule has 1 amide bonds. The Kier molecular flexibility index (Phi) is 6.34. The van der Waals surface area contributed by atoms with Crippen LogP contribution >= 0.6 is 0 Å². The predicted molar refractivity (Wildman–Crippen MR) is 111 cm³/mol. The first kappa shape index (κ1) is 19.8. The SMILES string of the molecule is O=C1CCCCC(CN2CCC(Cn3cnc(-c4cccnc4)cc3=O)CC2)N1. The van der Waals surface area contributed by atoms with Gasteiger partial charge in [-0.05, 0) is 56.8 Å². The van der Waals surface area contributed by atoms with E-state index in [-0.39, 0.29) is 17.5 Å². The number of nitrogens with zero attached hydrogens (tertiary/aromatic N) is 4. The van der Waals surface area contributed by atoms with Crippen molar-refractivity contribution >= 4 is 5.91 Å². The molecule has 2 aliphatic heterocycles. The summed E-state index contributed by atoms with van der Waals surface area (Å²) in [5, 5.41) is 3.16. The zero-order valence-corrected chi connectivity index (χ0v) is 16.8. The molecule has 1 N–H and O–H groups in total. The molecule has 2 aliphatic rings. The first-order valence-corrected chi connectivity index (χ1v) is 10.7. The van der Waals surface area contributed by atoms with E-state index < -0.39 is 0 Å². The zero-order valence-electron chi connectivity index (χ0n) is 16.8. The Morgan fingerprint density at radius 3 is 2.72 bits per heavy atom. The van der Waals surface area contributed by atoms with Gasteiger partial charge >= 0.3 is 0 Å². The Bertz CT molecular complexity index is 874. The Morgan fingerprint density at radius 2 is 1.97 bits per heavy atom. The van der Waals surface area contributed by atoms with Crippen LogP contribution < -0.4 is 10.9 Å². The van der Waals surface area contributed by atoms with Gasteiger partial charge in [0.25, 0.3) is 5.56 Å². The number of nitrogens with one attached hydrogen (secondary N) is 1. The van der Waals surface area contributed by atoms with Crippen LogP contribution in [0.25, 0.3) is 11.3 Å². The highest BCUT2D eigenvalue weighted by molar-refractivity contribution is 5.76. The van der Waals surface area contributed by atoms with Gasteiger partial charge in [0, 0.05) is 49.6 Å². The van der Waals surface area contributed by atoms with E-state index in [1.165, 1.54) is 0 Å². The molecular formula is C22H29N5O2. The van der Waals surface area contributed by atoms with Gasteiger partial charge in [0.2, 0.25) is 5.91 Å². The molecule has 29 heavy (non-hydrogen) atoms. The molecule has 0 aliphatic carbocycles. The molecule has 2 fully saturated rings. The minimum absolute atomic E-state index is 0.0116. The van der Waals surface area contributed by atoms with Crippen LogP contribution in [0.15, 0.2) is 41.7 Å². The second kappa shape index (κ2) is 9.31. The molecule has 7 heteroatoms. The van der Waals surface area contributed by atoms with Crippen LogP contribution in [-0.2, 0) is 11.3 Å². The molecule has 1 atom stereocenters. The summed E-state index contributed by atoms with van der Waals surface area (Å²) in [6, 6.07) is 5.64. The van der Waals surface area contributed by atoms with E-state index in [2.05, 4.69) is 20.2 Å². The molecule has 1 unspecified atom stereocenters. The second-order valence-corrected chi connectivity index (χ2v) is 8.26. The first-order valence-electron chi connectivity index (χ1n) is 10.7. The summed E-state index contributed by atoms with van der Waals surface area (Å²) in [7, 11) is 0. The van der Waals surface area contributed by atoms with Crippen molar-refractivity contribution in [3.05, 3.63) is 47.3 Å². The van der Waals surface area contributed by atoms with Crippen LogP contribution in [0.4, 0.5) is 0 Å². The molecule has 0 aromatic carbocycles.